The maximum Gasteiger partial charge on any atom is 0.306 e. The number of nitrogens with zero attached hydrogens (tertiary/aromatic N) is 1. The van der Waals surface area contributed by atoms with Gasteiger partial charge in [0.2, 0.25) is 5.91 Å². The number of carbonyl (C=O) groups is 2. The second-order valence-corrected chi connectivity index (χ2v) is 7.12. The van der Waals surface area contributed by atoms with E-state index in [4.69, 9.17) is 5.11 Å². The highest BCUT2D eigenvalue weighted by atomic mass is 35.5. The second-order valence-electron chi connectivity index (χ2n) is 7.12. The van der Waals surface area contributed by atoms with E-state index in [2.05, 4.69) is 34.5 Å². The van der Waals surface area contributed by atoms with Gasteiger partial charge < -0.3 is 10.4 Å². The summed E-state index contributed by atoms with van der Waals surface area (Å²) >= 11 is 0. The minimum Gasteiger partial charge on any atom is -0.481 e. The molecule has 0 aromatic heterocycles. The van der Waals surface area contributed by atoms with Gasteiger partial charge in [-0.25, -0.2) is 0 Å². The molecular formula is C21H27ClN2O3. The zero-order valence-corrected chi connectivity index (χ0v) is 16.5. The van der Waals surface area contributed by atoms with Crippen LogP contribution < -0.4 is 5.32 Å². The first-order valence-electron chi connectivity index (χ1n) is 9.22. The first-order chi connectivity index (χ1) is 12.5. The summed E-state index contributed by atoms with van der Waals surface area (Å²) in [4.78, 5) is 25.9. The van der Waals surface area contributed by atoms with E-state index < -0.39 is 5.97 Å². The van der Waals surface area contributed by atoms with E-state index in [9.17, 15) is 9.59 Å². The summed E-state index contributed by atoms with van der Waals surface area (Å²) in [7, 11) is 0. The monoisotopic (exact) mass is 390 g/mol. The third kappa shape index (κ3) is 4.79. The third-order valence-electron chi connectivity index (χ3n) is 5.45. The SMILES string of the molecule is CC(NC(=O)C(C)N1CCC(C(=O)O)CC1)c1cccc2ccccc12.Cl. The molecule has 1 saturated heterocycles. The minimum absolute atomic E-state index is 0. The number of rotatable bonds is 5. The minimum atomic E-state index is -0.730. The van der Waals surface area contributed by atoms with Crippen LogP contribution in [-0.2, 0) is 9.59 Å². The highest BCUT2D eigenvalue weighted by Gasteiger charge is 2.30. The molecule has 0 bridgehead atoms. The summed E-state index contributed by atoms with van der Waals surface area (Å²) in [5.41, 5.74) is 1.10. The van der Waals surface area contributed by atoms with Crippen molar-refractivity contribution in [3.05, 3.63) is 48.0 Å². The van der Waals surface area contributed by atoms with Crippen molar-refractivity contribution in [1.82, 2.24) is 10.2 Å². The average molecular weight is 391 g/mol. The lowest BCUT2D eigenvalue weighted by Gasteiger charge is -2.34. The van der Waals surface area contributed by atoms with E-state index in [0.717, 1.165) is 16.3 Å². The van der Waals surface area contributed by atoms with Crippen LogP contribution in [-0.4, -0.2) is 41.0 Å². The molecule has 0 radical (unpaired) electrons. The fraction of sp³-hybridized carbons (Fsp3) is 0.429. The van der Waals surface area contributed by atoms with E-state index in [0.29, 0.717) is 25.9 Å². The molecule has 2 aromatic carbocycles. The summed E-state index contributed by atoms with van der Waals surface area (Å²) < 4.78 is 0. The smallest absolute Gasteiger partial charge is 0.306 e. The zero-order valence-electron chi connectivity index (χ0n) is 15.7. The highest BCUT2D eigenvalue weighted by Crippen LogP contribution is 2.25. The molecule has 1 aliphatic rings. The number of piperidine rings is 1. The number of amides is 1. The Hall–Kier alpha value is -2.11. The van der Waals surface area contributed by atoms with Gasteiger partial charge in [0.25, 0.3) is 0 Å². The number of benzene rings is 2. The number of hydrogen-bond acceptors (Lipinski definition) is 3. The molecule has 3 rings (SSSR count). The van der Waals surface area contributed by atoms with Crippen molar-refractivity contribution in [2.75, 3.05) is 13.1 Å². The Kier molecular flexibility index (Phi) is 7.22. The van der Waals surface area contributed by atoms with Gasteiger partial charge in [0, 0.05) is 0 Å². The Balaban J connectivity index is 0.00000261. The fourth-order valence-corrected chi connectivity index (χ4v) is 3.74. The topological polar surface area (TPSA) is 69.6 Å². The molecule has 0 aliphatic carbocycles. The predicted molar refractivity (Wildman–Crippen MR) is 109 cm³/mol. The number of aliphatic carboxylic acids is 1. The van der Waals surface area contributed by atoms with Gasteiger partial charge in [-0.3, -0.25) is 14.5 Å². The molecular weight excluding hydrogens is 364 g/mol. The Bertz CT molecular complexity index is 798. The Labute approximate surface area is 166 Å². The molecule has 146 valence electrons. The number of carbonyl (C=O) groups excluding carboxylic acids is 1. The van der Waals surface area contributed by atoms with Gasteiger partial charge in [-0.1, -0.05) is 42.5 Å². The normalized spacial score (nSPS) is 17.7. The number of fused-ring (bicyclic) bond motifs is 1. The van der Waals surface area contributed by atoms with E-state index >= 15 is 0 Å². The predicted octanol–water partition coefficient (Wildman–Crippen LogP) is 3.62. The van der Waals surface area contributed by atoms with Crippen molar-refractivity contribution in [3.63, 3.8) is 0 Å². The first kappa shape index (κ1) is 21.2. The molecule has 2 N–H and O–H groups in total. The van der Waals surface area contributed by atoms with Gasteiger partial charge >= 0.3 is 5.97 Å². The van der Waals surface area contributed by atoms with E-state index in [-0.39, 0.29) is 36.3 Å². The van der Waals surface area contributed by atoms with Crippen LogP contribution in [0.25, 0.3) is 10.8 Å². The number of likely N-dealkylation sites (tertiary alicyclic amines) is 1. The molecule has 1 aliphatic heterocycles. The lowest BCUT2D eigenvalue weighted by Crippen LogP contribution is -2.49. The van der Waals surface area contributed by atoms with Crippen molar-refractivity contribution >= 4 is 35.1 Å². The molecule has 5 nitrogen and oxygen atoms in total. The number of halogens is 1. The van der Waals surface area contributed by atoms with Gasteiger partial charge in [0.1, 0.15) is 0 Å². The summed E-state index contributed by atoms with van der Waals surface area (Å²) in [6.07, 6.45) is 1.21. The van der Waals surface area contributed by atoms with Crippen molar-refractivity contribution in [1.29, 1.82) is 0 Å². The number of nitrogens with one attached hydrogen (secondary N) is 1. The van der Waals surface area contributed by atoms with Gasteiger partial charge in [0.15, 0.2) is 0 Å². The molecule has 0 saturated carbocycles. The van der Waals surface area contributed by atoms with Gasteiger partial charge in [-0.15, -0.1) is 12.4 Å². The number of carboxylic acid groups (broad SMARTS) is 1. The quantitative estimate of drug-likeness (QED) is 0.818. The third-order valence-corrected chi connectivity index (χ3v) is 5.45. The lowest BCUT2D eigenvalue weighted by molar-refractivity contribution is -0.143. The molecule has 2 aromatic rings. The maximum absolute atomic E-state index is 12.7. The van der Waals surface area contributed by atoms with Crippen LogP contribution in [0.3, 0.4) is 0 Å². The molecule has 0 spiro atoms. The van der Waals surface area contributed by atoms with Crippen LogP contribution in [0.1, 0.15) is 38.3 Å². The van der Waals surface area contributed by atoms with Crippen LogP contribution in [0.4, 0.5) is 0 Å². The molecule has 1 fully saturated rings. The fourth-order valence-electron chi connectivity index (χ4n) is 3.74. The average Bonchev–Trinajstić information content (AvgIpc) is 2.66. The number of hydrogen-bond donors (Lipinski definition) is 2. The lowest BCUT2D eigenvalue weighted by atomic mass is 9.96. The summed E-state index contributed by atoms with van der Waals surface area (Å²) in [5.74, 6) is -1.03. The molecule has 2 unspecified atom stereocenters. The number of carboxylic acids is 1. The largest absolute Gasteiger partial charge is 0.481 e. The zero-order chi connectivity index (χ0) is 18.7. The van der Waals surface area contributed by atoms with Crippen molar-refractivity contribution in [2.24, 2.45) is 5.92 Å². The summed E-state index contributed by atoms with van der Waals surface area (Å²) in [6, 6.07) is 14.0. The van der Waals surface area contributed by atoms with Crippen LogP contribution >= 0.6 is 12.4 Å². The Morgan fingerprint density at radius 3 is 2.37 bits per heavy atom. The molecule has 6 heteroatoms. The maximum atomic E-state index is 12.7. The summed E-state index contributed by atoms with van der Waals surface area (Å²) in [5, 5.41) is 14.5. The second kappa shape index (κ2) is 9.20. The molecule has 2 atom stereocenters. The van der Waals surface area contributed by atoms with Gasteiger partial charge in [0.05, 0.1) is 18.0 Å². The Morgan fingerprint density at radius 1 is 1.07 bits per heavy atom. The summed E-state index contributed by atoms with van der Waals surface area (Å²) in [6.45, 7) is 5.19. The Morgan fingerprint density at radius 2 is 1.70 bits per heavy atom. The van der Waals surface area contributed by atoms with Crippen LogP contribution in [0.2, 0.25) is 0 Å². The van der Waals surface area contributed by atoms with Crippen LogP contribution in [0, 0.1) is 5.92 Å². The van der Waals surface area contributed by atoms with Crippen molar-refractivity contribution in [3.8, 4) is 0 Å². The van der Waals surface area contributed by atoms with E-state index in [1.54, 1.807) is 0 Å². The van der Waals surface area contributed by atoms with Crippen LogP contribution in [0.5, 0.6) is 0 Å². The first-order valence-corrected chi connectivity index (χ1v) is 9.22. The molecule has 1 amide bonds. The van der Waals surface area contributed by atoms with Gasteiger partial charge in [-0.2, -0.15) is 0 Å². The molecule has 1 heterocycles. The van der Waals surface area contributed by atoms with Crippen molar-refractivity contribution < 1.29 is 14.7 Å². The highest BCUT2D eigenvalue weighted by molar-refractivity contribution is 5.87. The molecule has 27 heavy (non-hydrogen) atoms. The van der Waals surface area contributed by atoms with Crippen molar-refractivity contribution in [2.45, 2.75) is 38.8 Å². The van der Waals surface area contributed by atoms with E-state index in [1.807, 2.05) is 32.0 Å². The van der Waals surface area contributed by atoms with Crippen LogP contribution in [0.15, 0.2) is 42.5 Å². The van der Waals surface area contributed by atoms with E-state index in [1.165, 1.54) is 0 Å². The standard InChI is InChI=1S/C21H26N2O3.ClH/c1-14(18-9-5-7-16-6-3-4-8-19(16)18)22-20(24)15(2)23-12-10-17(11-13-23)21(25)26;/h3-9,14-15,17H,10-13H2,1-2H3,(H,22,24)(H,25,26);1H. The van der Waals surface area contributed by atoms with Gasteiger partial charge in [-0.05, 0) is 56.1 Å².